The number of para-hydroxylation sites is 1. The number of ether oxygens (including phenoxy) is 1. The minimum atomic E-state index is -0.517. The van der Waals surface area contributed by atoms with Gasteiger partial charge in [0.2, 0.25) is 0 Å². The largest absolute Gasteiger partial charge is 0.493 e. The van der Waals surface area contributed by atoms with Gasteiger partial charge in [0.25, 0.3) is 11.8 Å². The maximum Gasteiger partial charge on any atom is 0.271 e. The Morgan fingerprint density at radius 2 is 1.78 bits per heavy atom. The normalized spacial score (nSPS) is 14.8. The summed E-state index contributed by atoms with van der Waals surface area (Å²) in [5, 5.41) is 14.8. The van der Waals surface area contributed by atoms with E-state index >= 15 is 0 Å². The van der Waals surface area contributed by atoms with E-state index in [2.05, 4.69) is 20.8 Å². The summed E-state index contributed by atoms with van der Waals surface area (Å²) >= 11 is 0. The number of amides is 2. The van der Waals surface area contributed by atoms with Gasteiger partial charge in [0, 0.05) is 29.4 Å². The highest BCUT2D eigenvalue weighted by atomic mass is 16.5. The molecule has 3 aromatic rings. The molecule has 4 rings (SSSR count). The fourth-order valence-electron chi connectivity index (χ4n) is 4.85. The molecule has 0 fully saturated rings. The van der Waals surface area contributed by atoms with E-state index in [1.807, 2.05) is 67.7 Å². The molecule has 0 saturated heterocycles. The van der Waals surface area contributed by atoms with Crippen LogP contribution in [0.15, 0.2) is 71.4 Å². The lowest BCUT2D eigenvalue weighted by Gasteiger charge is -2.27. The molecular formula is C34H38N4O3. The van der Waals surface area contributed by atoms with Gasteiger partial charge >= 0.3 is 0 Å². The molecular weight excluding hydrogens is 512 g/mol. The molecule has 7 nitrogen and oxygen atoms in total. The standard InChI is InChI=1S/C34H38N4O3/c1-6-7-8-12-17-37-33(39)30(25(5)31(20-35)34(37)40)19-26-21-38(27-13-10-9-11-14-27)36-32(26)29-16-15-28(18-24(29)4)41-22-23(2)3/h9-11,13-16,18-19,21,23H,6-8,12,17,22H2,1-5H3/b30-19+. The minimum Gasteiger partial charge on any atom is -0.493 e. The zero-order valence-electron chi connectivity index (χ0n) is 24.6. The topological polar surface area (TPSA) is 88.2 Å². The highest BCUT2D eigenvalue weighted by Gasteiger charge is 2.35. The lowest BCUT2D eigenvalue weighted by molar-refractivity contribution is -0.140. The first kappa shape index (κ1) is 29.5. The van der Waals surface area contributed by atoms with Crippen molar-refractivity contribution in [3.05, 3.63) is 82.6 Å². The Hall–Kier alpha value is -4.44. The second kappa shape index (κ2) is 13.3. The molecule has 41 heavy (non-hydrogen) atoms. The van der Waals surface area contributed by atoms with Crippen molar-refractivity contribution in [2.45, 2.75) is 60.3 Å². The Bertz CT molecular complexity index is 1520. The highest BCUT2D eigenvalue weighted by Crippen LogP contribution is 2.33. The van der Waals surface area contributed by atoms with Crippen LogP contribution in [0.1, 0.15) is 64.5 Å². The van der Waals surface area contributed by atoms with Gasteiger partial charge in [0.15, 0.2) is 0 Å². The number of rotatable bonds is 11. The number of benzene rings is 2. The maximum atomic E-state index is 13.7. The number of carbonyl (C=O) groups excluding carboxylic acids is 2. The van der Waals surface area contributed by atoms with Crippen molar-refractivity contribution in [2.24, 2.45) is 5.92 Å². The van der Waals surface area contributed by atoms with Gasteiger partial charge < -0.3 is 4.74 Å². The number of carbonyl (C=O) groups is 2. The summed E-state index contributed by atoms with van der Waals surface area (Å²) < 4.78 is 7.72. The number of hydrogen-bond acceptors (Lipinski definition) is 5. The lowest BCUT2D eigenvalue weighted by atomic mass is 9.92. The SMILES string of the molecule is CCCCCCN1C(=O)C(C#N)=C(C)/C(=C\c2cn(-c3ccccc3)nc2-c2ccc(OCC(C)C)cc2C)C1=O. The molecule has 0 spiro atoms. The van der Waals surface area contributed by atoms with Crippen molar-refractivity contribution in [3.8, 4) is 28.8 Å². The summed E-state index contributed by atoms with van der Waals surface area (Å²) in [7, 11) is 0. The zero-order valence-corrected chi connectivity index (χ0v) is 24.6. The Balaban J connectivity index is 1.82. The van der Waals surface area contributed by atoms with Gasteiger partial charge in [-0.2, -0.15) is 10.4 Å². The van der Waals surface area contributed by atoms with E-state index in [0.717, 1.165) is 41.8 Å². The molecule has 0 aliphatic carbocycles. The van der Waals surface area contributed by atoms with Crippen molar-refractivity contribution in [2.75, 3.05) is 13.2 Å². The van der Waals surface area contributed by atoms with Crippen LogP contribution >= 0.6 is 0 Å². The van der Waals surface area contributed by atoms with Crippen LogP contribution in [-0.2, 0) is 9.59 Å². The zero-order chi connectivity index (χ0) is 29.5. The van der Waals surface area contributed by atoms with E-state index in [9.17, 15) is 14.9 Å². The van der Waals surface area contributed by atoms with Crippen LogP contribution in [0.2, 0.25) is 0 Å². The first-order valence-electron chi connectivity index (χ1n) is 14.3. The van der Waals surface area contributed by atoms with Crippen LogP contribution in [0.3, 0.4) is 0 Å². The summed E-state index contributed by atoms with van der Waals surface area (Å²) in [6.45, 7) is 10.9. The van der Waals surface area contributed by atoms with E-state index in [1.165, 1.54) is 4.90 Å². The van der Waals surface area contributed by atoms with Gasteiger partial charge in [-0.3, -0.25) is 14.5 Å². The molecule has 212 valence electrons. The number of unbranched alkanes of at least 4 members (excludes halogenated alkanes) is 3. The van der Waals surface area contributed by atoms with Crippen LogP contribution in [0, 0.1) is 24.2 Å². The van der Waals surface area contributed by atoms with E-state index in [-0.39, 0.29) is 11.5 Å². The molecule has 0 radical (unpaired) electrons. The maximum absolute atomic E-state index is 13.7. The van der Waals surface area contributed by atoms with Crippen LogP contribution in [-0.4, -0.2) is 39.6 Å². The Kier molecular flexibility index (Phi) is 9.57. The Morgan fingerprint density at radius 1 is 1.02 bits per heavy atom. The fraction of sp³-hybridized carbons (Fsp3) is 0.353. The molecule has 2 heterocycles. The van der Waals surface area contributed by atoms with Gasteiger partial charge in [-0.05, 0) is 73.7 Å². The molecule has 2 amide bonds. The number of nitriles is 1. The number of aryl methyl sites for hydroxylation is 1. The number of imide groups is 1. The molecule has 0 N–H and O–H groups in total. The second-order valence-electron chi connectivity index (χ2n) is 10.9. The van der Waals surface area contributed by atoms with E-state index < -0.39 is 5.91 Å². The van der Waals surface area contributed by atoms with E-state index in [4.69, 9.17) is 9.84 Å². The fourth-order valence-corrected chi connectivity index (χ4v) is 4.85. The average molecular weight is 551 g/mol. The predicted molar refractivity (Wildman–Crippen MR) is 161 cm³/mol. The molecule has 0 saturated carbocycles. The smallest absolute Gasteiger partial charge is 0.271 e. The van der Waals surface area contributed by atoms with Crippen molar-refractivity contribution < 1.29 is 14.3 Å². The summed E-state index contributed by atoms with van der Waals surface area (Å²) in [6, 6.07) is 17.7. The van der Waals surface area contributed by atoms with Crippen molar-refractivity contribution >= 4 is 17.9 Å². The summed E-state index contributed by atoms with van der Waals surface area (Å²) in [5.74, 6) is 0.308. The number of aromatic nitrogens is 2. The van der Waals surface area contributed by atoms with Crippen LogP contribution in [0.5, 0.6) is 5.75 Å². The lowest BCUT2D eigenvalue weighted by Crippen LogP contribution is -2.43. The molecule has 1 aliphatic heterocycles. The predicted octanol–water partition coefficient (Wildman–Crippen LogP) is 7.06. The third kappa shape index (κ3) is 6.66. The molecule has 1 aliphatic rings. The van der Waals surface area contributed by atoms with Crippen LogP contribution in [0.4, 0.5) is 0 Å². The number of nitrogens with zero attached hydrogens (tertiary/aromatic N) is 4. The highest BCUT2D eigenvalue weighted by molar-refractivity contribution is 6.19. The molecule has 7 heteroatoms. The van der Waals surface area contributed by atoms with E-state index in [1.54, 1.807) is 17.7 Å². The van der Waals surface area contributed by atoms with Crippen LogP contribution < -0.4 is 4.74 Å². The van der Waals surface area contributed by atoms with E-state index in [0.29, 0.717) is 47.9 Å². The van der Waals surface area contributed by atoms with Crippen molar-refractivity contribution in [3.63, 3.8) is 0 Å². The molecule has 0 unspecified atom stereocenters. The van der Waals surface area contributed by atoms with Gasteiger partial charge in [0.1, 0.15) is 23.1 Å². The first-order valence-corrected chi connectivity index (χ1v) is 14.3. The molecule has 2 aromatic carbocycles. The molecule has 0 atom stereocenters. The van der Waals surface area contributed by atoms with Crippen molar-refractivity contribution in [1.82, 2.24) is 14.7 Å². The average Bonchev–Trinajstić information content (AvgIpc) is 3.38. The third-order valence-electron chi connectivity index (χ3n) is 7.16. The minimum absolute atomic E-state index is 0.00572. The molecule has 0 bridgehead atoms. The van der Waals surface area contributed by atoms with Crippen LogP contribution in [0.25, 0.3) is 23.0 Å². The van der Waals surface area contributed by atoms with Gasteiger partial charge in [0.05, 0.1) is 12.3 Å². The monoisotopic (exact) mass is 550 g/mol. The first-order chi connectivity index (χ1) is 19.7. The summed E-state index contributed by atoms with van der Waals surface area (Å²) in [4.78, 5) is 28.0. The second-order valence-corrected chi connectivity index (χ2v) is 10.9. The summed E-state index contributed by atoms with van der Waals surface area (Å²) in [6.07, 6.45) is 7.36. The molecule has 1 aromatic heterocycles. The Morgan fingerprint density at radius 3 is 2.44 bits per heavy atom. The van der Waals surface area contributed by atoms with Gasteiger partial charge in [-0.15, -0.1) is 0 Å². The van der Waals surface area contributed by atoms with Gasteiger partial charge in [-0.25, -0.2) is 4.68 Å². The van der Waals surface area contributed by atoms with Crippen molar-refractivity contribution in [1.29, 1.82) is 5.26 Å². The van der Waals surface area contributed by atoms with Gasteiger partial charge in [-0.1, -0.05) is 58.2 Å². The Labute approximate surface area is 242 Å². The summed E-state index contributed by atoms with van der Waals surface area (Å²) in [5.41, 5.74) is 4.90. The number of hydrogen-bond donors (Lipinski definition) is 0. The quantitative estimate of drug-likeness (QED) is 0.145. The third-order valence-corrected chi connectivity index (χ3v) is 7.16.